The lowest BCUT2D eigenvalue weighted by atomic mass is 10.2. The molecule has 0 aliphatic carbocycles. The molecule has 10 heavy (non-hydrogen) atoms. The van der Waals surface area contributed by atoms with Crippen molar-refractivity contribution in [2.45, 2.75) is 25.9 Å². The minimum Gasteiger partial charge on any atom is -0.393 e. The third-order valence-corrected chi connectivity index (χ3v) is 1.71. The number of aliphatic hydroxyl groups excluding tert-OH is 1. The molecular formula is C6H15NO2S. The van der Waals surface area contributed by atoms with E-state index in [0.717, 1.165) is 12.8 Å². The fraction of sp³-hybridized carbons (Fsp3) is 1.00. The molecule has 62 valence electrons. The maximum Gasteiger partial charge on any atom is 0.0883 e. The van der Waals surface area contributed by atoms with Crippen molar-refractivity contribution in [3.05, 3.63) is 0 Å². The van der Waals surface area contributed by atoms with E-state index in [2.05, 4.69) is 4.72 Å². The summed E-state index contributed by atoms with van der Waals surface area (Å²) in [6.07, 6.45) is 3.00. The van der Waals surface area contributed by atoms with Crippen molar-refractivity contribution in [3.63, 3.8) is 0 Å². The van der Waals surface area contributed by atoms with E-state index < -0.39 is 11.0 Å². The van der Waals surface area contributed by atoms with Crippen LogP contribution in [0.5, 0.6) is 0 Å². The monoisotopic (exact) mass is 165 g/mol. The summed E-state index contributed by atoms with van der Waals surface area (Å²) in [6.45, 7) is 2.47. The predicted molar refractivity (Wildman–Crippen MR) is 43.0 cm³/mol. The molecule has 2 N–H and O–H groups in total. The highest BCUT2D eigenvalue weighted by Gasteiger charge is 1.94. The van der Waals surface area contributed by atoms with Crippen LogP contribution in [0.1, 0.15) is 19.8 Å². The molecule has 2 unspecified atom stereocenters. The SMILES string of the molecule is CC(O)CCCNS(C)=O. The zero-order chi connectivity index (χ0) is 7.98. The molecule has 0 aromatic rings. The van der Waals surface area contributed by atoms with Gasteiger partial charge in [-0.05, 0) is 19.8 Å². The van der Waals surface area contributed by atoms with Crippen LogP contribution in [0, 0.1) is 0 Å². The number of hydrogen-bond donors (Lipinski definition) is 2. The highest BCUT2D eigenvalue weighted by atomic mass is 32.2. The second-order valence-corrected chi connectivity index (χ2v) is 3.54. The van der Waals surface area contributed by atoms with Crippen molar-refractivity contribution < 1.29 is 9.32 Å². The van der Waals surface area contributed by atoms with E-state index in [0.29, 0.717) is 6.54 Å². The van der Waals surface area contributed by atoms with Crippen LogP contribution in [-0.2, 0) is 11.0 Å². The van der Waals surface area contributed by atoms with Crippen molar-refractivity contribution in [1.29, 1.82) is 0 Å². The topological polar surface area (TPSA) is 49.3 Å². The van der Waals surface area contributed by atoms with E-state index in [9.17, 15) is 4.21 Å². The molecule has 0 aromatic carbocycles. The van der Waals surface area contributed by atoms with Crippen molar-refractivity contribution in [1.82, 2.24) is 4.72 Å². The van der Waals surface area contributed by atoms with Gasteiger partial charge in [0.25, 0.3) is 0 Å². The molecule has 0 aliphatic rings. The molecule has 0 rings (SSSR count). The van der Waals surface area contributed by atoms with E-state index in [-0.39, 0.29) is 6.10 Å². The summed E-state index contributed by atoms with van der Waals surface area (Å²) in [5.74, 6) is 0. The van der Waals surface area contributed by atoms with Gasteiger partial charge in [-0.1, -0.05) is 0 Å². The summed E-state index contributed by atoms with van der Waals surface area (Å²) in [4.78, 5) is 0. The Bertz CT molecular complexity index is 106. The Morgan fingerprint density at radius 3 is 2.70 bits per heavy atom. The van der Waals surface area contributed by atoms with Gasteiger partial charge in [0.15, 0.2) is 0 Å². The minimum atomic E-state index is -0.912. The first kappa shape index (κ1) is 10.1. The fourth-order valence-corrected chi connectivity index (χ4v) is 1.05. The van der Waals surface area contributed by atoms with Gasteiger partial charge in [0.2, 0.25) is 0 Å². The van der Waals surface area contributed by atoms with Gasteiger partial charge < -0.3 is 5.11 Å². The number of nitrogens with one attached hydrogen (secondary N) is 1. The zero-order valence-corrected chi connectivity index (χ0v) is 7.28. The Morgan fingerprint density at radius 2 is 2.30 bits per heavy atom. The van der Waals surface area contributed by atoms with Crippen molar-refractivity contribution in [3.8, 4) is 0 Å². The van der Waals surface area contributed by atoms with Crippen LogP contribution in [0.2, 0.25) is 0 Å². The van der Waals surface area contributed by atoms with Crippen LogP contribution in [0.4, 0.5) is 0 Å². The van der Waals surface area contributed by atoms with Crippen molar-refractivity contribution in [2.75, 3.05) is 12.8 Å². The molecule has 3 nitrogen and oxygen atoms in total. The largest absolute Gasteiger partial charge is 0.393 e. The Labute approximate surface area is 64.4 Å². The third kappa shape index (κ3) is 8.07. The first-order valence-corrected chi connectivity index (χ1v) is 4.93. The van der Waals surface area contributed by atoms with E-state index in [1.807, 2.05) is 0 Å². The Kier molecular flexibility index (Phi) is 5.87. The summed E-state index contributed by atoms with van der Waals surface area (Å²) >= 11 is 0. The quantitative estimate of drug-likeness (QED) is 0.565. The van der Waals surface area contributed by atoms with E-state index >= 15 is 0 Å². The predicted octanol–water partition coefficient (Wildman–Crippen LogP) is 0.0305. The van der Waals surface area contributed by atoms with Gasteiger partial charge in [0, 0.05) is 12.8 Å². The van der Waals surface area contributed by atoms with Crippen LogP contribution < -0.4 is 4.72 Å². The standard InChI is InChI=1S/C6H15NO2S/c1-6(8)4-3-5-7-10(2)9/h6-8H,3-5H2,1-2H3. The summed E-state index contributed by atoms with van der Waals surface area (Å²) in [6, 6.07) is 0. The Morgan fingerprint density at radius 1 is 1.70 bits per heavy atom. The smallest absolute Gasteiger partial charge is 0.0883 e. The highest BCUT2D eigenvalue weighted by molar-refractivity contribution is 7.82. The van der Waals surface area contributed by atoms with E-state index in [1.165, 1.54) is 0 Å². The van der Waals surface area contributed by atoms with Crippen LogP contribution >= 0.6 is 0 Å². The lowest BCUT2D eigenvalue weighted by Gasteiger charge is -2.02. The second-order valence-electron chi connectivity index (χ2n) is 2.34. The normalized spacial score (nSPS) is 16.7. The third-order valence-electron chi connectivity index (χ3n) is 1.10. The van der Waals surface area contributed by atoms with Gasteiger partial charge in [-0.2, -0.15) is 0 Å². The molecule has 0 radical (unpaired) electrons. The maximum absolute atomic E-state index is 10.4. The summed E-state index contributed by atoms with van der Waals surface area (Å²) in [5, 5.41) is 8.81. The number of hydrogen-bond acceptors (Lipinski definition) is 2. The second kappa shape index (κ2) is 5.82. The van der Waals surface area contributed by atoms with Crippen molar-refractivity contribution >= 4 is 11.0 Å². The summed E-state index contributed by atoms with van der Waals surface area (Å²) < 4.78 is 13.2. The van der Waals surface area contributed by atoms with Gasteiger partial charge in [0.05, 0.1) is 17.1 Å². The Hall–Kier alpha value is 0.0700. The van der Waals surface area contributed by atoms with E-state index in [1.54, 1.807) is 13.2 Å². The molecule has 2 atom stereocenters. The first-order chi connectivity index (χ1) is 4.63. The minimum absolute atomic E-state index is 0.243. The Balaban J connectivity index is 2.98. The molecule has 0 aliphatic heterocycles. The lowest BCUT2D eigenvalue weighted by Crippen LogP contribution is -2.17. The molecule has 0 fully saturated rings. The van der Waals surface area contributed by atoms with Crippen LogP contribution in [0.3, 0.4) is 0 Å². The molecule has 4 heteroatoms. The number of rotatable bonds is 5. The molecule has 0 bridgehead atoms. The summed E-state index contributed by atoms with van der Waals surface area (Å²) in [7, 11) is -0.912. The van der Waals surface area contributed by atoms with Crippen LogP contribution in [-0.4, -0.2) is 28.2 Å². The van der Waals surface area contributed by atoms with Crippen LogP contribution in [0.15, 0.2) is 0 Å². The molecule has 0 amide bonds. The highest BCUT2D eigenvalue weighted by Crippen LogP contribution is 1.92. The first-order valence-electron chi connectivity index (χ1n) is 3.38. The average molecular weight is 165 g/mol. The number of aliphatic hydroxyl groups is 1. The van der Waals surface area contributed by atoms with Gasteiger partial charge in [-0.25, -0.2) is 8.93 Å². The lowest BCUT2D eigenvalue weighted by molar-refractivity contribution is 0.182. The average Bonchev–Trinajstić information content (AvgIpc) is 1.79. The fourth-order valence-electron chi connectivity index (χ4n) is 0.613. The molecule has 0 heterocycles. The summed E-state index contributed by atoms with van der Waals surface area (Å²) in [5.41, 5.74) is 0. The zero-order valence-electron chi connectivity index (χ0n) is 6.46. The van der Waals surface area contributed by atoms with Gasteiger partial charge in [0.1, 0.15) is 0 Å². The molecule has 0 saturated heterocycles. The molecule has 0 spiro atoms. The molecule has 0 aromatic heterocycles. The maximum atomic E-state index is 10.4. The van der Waals surface area contributed by atoms with Gasteiger partial charge in [-0.15, -0.1) is 0 Å². The van der Waals surface area contributed by atoms with Crippen molar-refractivity contribution in [2.24, 2.45) is 0 Å². The van der Waals surface area contributed by atoms with E-state index in [4.69, 9.17) is 5.11 Å². The molecular weight excluding hydrogens is 150 g/mol. The van der Waals surface area contributed by atoms with Gasteiger partial charge >= 0.3 is 0 Å². The van der Waals surface area contributed by atoms with Crippen LogP contribution in [0.25, 0.3) is 0 Å². The molecule has 0 saturated carbocycles. The van der Waals surface area contributed by atoms with Gasteiger partial charge in [-0.3, -0.25) is 0 Å².